The first-order valence-electron chi connectivity index (χ1n) is 15.5. The Morgan fingerprint density at radius 1 is 0.816 bits per heavy atom. The zero-order valence-corrected chi connectivity index (χ0v) is 23.3. The fraction of sp³-hybridized carbons (Fsp3) is 0.618. The second kappa shape index (κ2) is 13.6. The highest BCUT2D eigenvalue weighted by molar-refractivity contribution is 5.60. The van der Waals surface area contributed by atoms with Gasteiger partial charge in [-0.2, -0.15) is 0 Å². The van der Waals surface area contributed by atoms with Crippen molar-refractivity contribution in [1.29, 1.82) is 0 Å². The van der Waals surface area contributed by atoms with Gasteiger partial charge in [-0.25, -0.2) is 4.79 Å². The quantitative estimate of drug-likeness (QED) is 0.267. The number of unbranched alkanes of at least 4 members (excludes halogenated alkanes) is 1. The summed E-state index contributed by atoms with van der Waals surface area (Å²) in [5.41, 5.74) is 5.68. The van der Waals surface area contributed by atoms with Crippen LogP contribution in [0.5, 0.6) is 0 Å². The van der Waals surface area contributed by atoms with Crippen molar-refractivity contribution in [3.8, 4) is 0 Å². The molecule has 0 aromatic heterocycles. The molecule has 0 unspecified atom stereocenters. The lowest BCUT2D eigenvalue weighted by molar-refractivity contribution is 0.0281. The molecule has 0 bridgehead atoms. The first kappa shape index (κ1) is 27.2. The summed E-state index contributed by atoms with van der Waals surface area (Å²) in [5.74, 6) is 1.65. The molecule has 2 atom stereocenters. The third-order valence-electron chi connectivity index (χ3n) is 9.25. The van der Waals surface area contributed by atoms with Crippen molar-refractivity contribution in [2.24, 2.45) is 0 Å². The van der Waals surface area contributed by atoms with E-state index in [2.05, 4.69) is 60.8 Å². The summed E-state index contributed by atoms with van der Waals surface area (Å²) >= 11 is 0. The standard InChI is InChI=1S/C34H47NO3/c1-2-3-22-37-34(36)38-31-23-32(35-24-31)33(29-18-14-27(15-19-29)25-10-6-4-7-11-25)30-20-16-28(17-21-30)26-12-8-5-9-13-26/h14-21,25-26,31-33,35H,2-13,22-24H2,1H3/t31-,32-/m1/s1. The van der Waals surface area contributed by atoms with Gasteiger partial charge >= 0.3 is 6.16 Å². The van der Waals surface area contributed by atoms with E-state index >= 15 is 0 Å². The maximum absolute atomic E-state index is 12.2. The zero-order chi connectivity index (χ0) is 26.2. The van der Waals surface area contributed by atoms with E-state index in [0.717, 1.165) is 19.3 Å². The highest BCUT2D eigenvalue weighted by Gasteiger charge is 2.35. The number of benzene rings is 2. The minimum Gasteiger partial charge on any atom is -0.434 e. The van der Waals surface area contributed by atoms with E-state index in [1.165, 1.54) is 86.5 Å². The third kappa shape index (κ3) is 7.00. The van der Waals surface area contributed by atoms with Crippen molar-refractivity contribution in [2.45, 2.75) is 120 Å². The Morgan fingerprint density at radius 2 is 1.34 bits per heavy atom. The van der Waals surface area contributed by atoms with Gasteiger partial charge in [0.05, 0.1) is 6.61 Å². The lowest BCUT2D eigenvalue weighted by atomic mass is 9.79. The Kier molecular flexibility index (Phi) is 9.78. The van der Waals surface area contributed by atoms with Crippen LogP contribution in [0.2, 0.25) is 0 Å². The minimum absolute atomic E-state index is 0.153. The molecule has 1 heterocycles. The summed E-state index contributed by atoms with van der Waals surface area (Å²) in [5, 5.41) is 3.70. The number of carbonyl (C=O) groups is 1. The summed E-state index contributed by atoms with van der Waals surface area (Å²) in [6.45, 7) is 3.19. The van der Waals surface area contributed by atoms with Gasteiger partial charge in [-0.05, 0) is 66.2 Å². The van der Waals surface area contributed by atoms with Crippen LogP contribution >= 0.6 is 0 Å². The van der Waals surface area contributed by atoms with E-state index in [9.17, 15) is 4.79 Å². The van der Waals surface area contributed by atoms with Crippen molar-refractivity contribution < 1.29 is 14.3 Å². The number of hydrogen-bond acceptors (Lipinski definition) is 4. The molecule has 4 heteroatoms. The van der Waals surface area contributed by atoms with Gasteiger partial charge in [-0.1, -0.05) is 100 Å². The van der Waals surface area contributed by atoms with Crippen molar-refractivity contribution in [3.05, 3.63) is 70.8 Å². The summed E-state index contributed by atoms with van der Waals surface area (Å²) in [6.07, 6.45) is 15.5. The topological polar surface area (TPSA) is 47.6 Å². The molecule has 5 rings (SSSR count). The van der Waals surface area contributed by atoms with Gasteiger partial charge in [0.2, 0.25) is 0 Å². The van der Waals surface area contributed by atoms with Crippen LogP contribution < -0.4 is 5.32 Å². The van der Waals surface area contributed by atoms with Crippen LogP contribution in [0.3, 0.4) is 0 Å². The molecule has 0 amide bonds. The van der Waals surface area contributed by atoms with Gasteiger partial charge in [-0.3, -0.25) is 0 Å². The third-order valence-corrected chi connectivity index (χ3v) is 9.25. The molecule has 2 saturated carbocycles. The van der Waals surface area contributed by atoms with Gasteiger partial charge in [-0.15, -0.1) is 0 Å². The van der Waals surface area contributed by atoms with E-state index in [1.807, 2.05) is 0 Å². The highest BCUT2D eigenvalue weighted by atomic mass is 16.7. The monoisotopic (exact) mass is 517 g/mol. The first-order chi connectivity index (χ1) is 18.7. The van der Waals surface area contributed by atoms with Gasteiger partial charge in [0, 0.05) is 24.9 Å². The van der Waals surface area contributed by atoms with Gasteiger partial charge in [0.1, 0.15) is 6.10 Å². The molecular weight excluding hydrogens is 470 g/mol. The fourth-order valence-corrected chi connectivity index (χ4v) is 7.03. The number of carbonyl (C=O) groups excluding carboxylic acids is 1. The van der Waals surface area contributed by atoms with E-state index in [4.69, 9.17) is 9.47 Å². The molecule has 1 N–H and O–H groups in total. The maximum atomic E-state index is 12.2. The number of rotatable bonds is 9. The predicted molar refractivity (Wildman–Crippen MR) is 154 cm³/mol. The van der Waals surface area contributed by atoms with Crippen molar-refractivity contribution >= 4 is 6.16 Å². The average Bonchev–Trinajstić information content (AvgIpc) is 3.42. The Labute approximate surface area is 229 Å². The van der Waals surface area contributed by atoms with Crippen LogP contribution in [-0.2, 0) is 9.47 Å². The summed E-state index contributed by atoms with van der Waals surface area (Å²) in [7, 11) is 0. The maximum Gasteiger partial charge on any atom is 0.508 e. The van der Waals surface area contributed by atoms with Crippen LogP contribution in [0.1, 0.15) is 130 Å². The molecule has 0 radical (unpaired) electrons. The SMILES string of the molecule is CCCCOC(=O)O[C@H]1CN[C@@H](C(c2ccc(C3CCCCC3)cc2)c2ccc(C3CCCCC3)cc2)C1. The highest BCUT2D eigenvalue weighted by Crippen LogP contribution is 2.38. The number of ether oxygens (including phenoxy) is 2. The average molecular weight is 518 g/mol. The summed E-state index contributed by atoms with van der Waals surface area (Å²) in [6, 6.07) is 19.2. The molecule has 38 heavy (non-hydrogen) atoms. The molecule has 1 aliphatic heterocycles. The molecule has 4 nitrogen and oxygen atoms in total. The minimum atomic E-state index is -0.531. The summed E-state index contributed by atoms with van der Waals surface area (Å²) in [4.78, 5) is 12.2. The van der Waals surface area contributed by atoms with Crippen LogP contribution in [0, 0.1) is 0 Å². The smallest absolute Gasteiger partial charge is 0.434 e. The first-order valence-corrected chi connectivity index (χ1v) is 15.5. The Hall–Kier alpha value is -2.33. The number of hydrogen-bond donors (Lipinski definition) is 1. The van der Waals surface area contributed by atoms with Crippen LogP contribution in [0.25, 0.3) is 0 Å². The second-order valence-corrected chi connectivity index (χ2v) is 11.9. The van der Waals surface area contributed by atoms with Crippen LogP contribution in [-0.4, -0.2) is 31.5 Å². The number of nitrogens with one attached hydrogen (secondary N) is 1. The van der Waals surface area contributed by atoms with Crippen LogP contribution in [0.15, 0.2) is 48.5 Å². The fourth-order valence-electron chi connectivity index (χ4n) is 7.03. The van der Waals surface area contributed by atoms with E-state index < -0.39 is 6.16 Å². The summed E-state index contributed by atoms with van der Waals surface area (Å²) < 4.78 is 10.9. The molecule has 2 aromatic rings. The Balaban J connectivity index is 1.32. The van der Waals surface area contributed by atoms with Gasteiger partial charge in [0.15, 0.2) is 0 Å². The lowest BCUT2D eigenvalue weighted by Crippen LogP contribution is -2.29. The molecule has 0 spiro atoms. The molecular formula is C34H47NO3. The van der Waals surface area contributed by atoms with Gasteiger partial charge < -0.3 is 14.8 Å². The Bertz CT molecular complexity index is 928. The van der Waals surface area contributed by atoms with Gasteiger partial charge in [0.25, 0.3) is 0 Å². The molecule has 1 saturated heterocycles. The predicted octanol–water partition coefficient (Wildman–Crippen LogP) is 8.60. The van der Waals surface area contributed by atoms with E-state index in [-0.39, 0.29) is 18.1 Å². The molecule has 206 valence electrons. The van der Waals surface area contributed by atoms with Crippen molar-refractivity contribution in [1.82, 2.24) is 5.32 Å². The lowest BCUT2D eigenvalue weighted by Gasteiger charge is -2.27. The largest absolute Gasteiger partial charge is 0.508 e. The van der Waals surface area contributed by atoms with Crippen molar-refractivity contribution in [3.63, 3.8) is 0 Å². The van der Waals surface area contributed by atoms with Crippen LogP contribution in [0.4, 0.5) is 4.79 Å². The van der Waals surface area contributed by atoms with E-state index in [0.29, 0.717) is 25.0 Å². The van der Waals surface area contributed by atoms with E-state index in [1.54, 1.807) is 0 Å². The molecule has 3 aliphatic rings. The molecule has 3 fully saturated rings. The molecule has 2 aromatic carbocycles. The zero-order valence-electron chi connectivity index (χ0n) is 23.3. The molecule has 2 aliphatic carbocycles. The Morgan fingerprint density at radius 3 is 1.84 bits per heavy atom. The second-order valence-electron chi connectivity index (χ2n) is 11.9. The normalized spacial score (nSPS) is 23.0. The van der Waals surface area contributed by atoms with Crippen molar-refractivity contribution in [2.75, 3.05) is 13.2 Å².